The smallest absolute Gasteiger partial charge is 0.191 e. The molecule has 0 radical (unpaired) electrons. The Kier molecular flexibility index (Phi) is 11.0. The summed E-state index contributed by atoms with van der Waals surface area (Å²) >= 11 is 0. The Balaban J connectivity index is 0.00000364. The van der Waals surface area contributed by atoms with Gasteiger partial charge in [0.2, 0.25) is 0 Å². The number of halogens is 1. The Morgan fingerprint density at radius 2 is 2.15 bits per heavy atom. The molecule has 154 valence electrons. The van der Waals surface area contributed by atoms with E-state index in [9.17, 15) is 5.11 Å². The van der Waals surface area contributed by atoms with Crippen LogP contribution in [0.3, 0.4) is 0 Å². The number of hydrogen-bond acceptors (Lipinski definition) is 4. The predicted molar refractivity (Wildman–Crippen MR) is 120 cm³/mol. The van der Waals surface area contributed by atoms with E-state index in [1.165, 1.54) is 0 Å². The molecule has 1 heterocycles. The van der Waals surface area contributed by atoms with Crippen LogP contribution in [0.15, 0.2) is 23.2 Å². The number of nitrogens with one attached hydrogen (secondary N) is 2. The Labute approximate surface area is 180 Å². The number of aryl methyl sites for hydroxylation is 1. The van der Waals surface area contributed by atoms with Gasteiger partial charge in [0, 0.05) is 31.7 Å². The molecule has 1 aromatic carbocycles. The molecule has 0 spiro atoms. The molecule has 1 aliphatic heterocycles. The van der Waals surface area contributed by atoms with Gasteiger partial charge < -0.3 is 25.2 Å². The Hall–Kier alpha value is -1.06. The van der Waals surface area contributed by atoms with E-state index in [0.29, 0.717) is 19.8 Å². The van der Waals surface area contributed by atoms with E-state index in [1.54, 1.807) is 0 Å². The Morgan fingerprint density at radius 3 is 2.74 bits per heavy atom. The fourth-order valence-electron chi connectivity index (χ4n) is 3.22. The Bertz CT molecular complexity index is 590. The van der Waals surface area contributed by atoms with Gasteiger partial charge in [0.1, 0.15) is 5.75 Å². The molecule has 0 aromatic heterocycles. The third kappa shape index (κ3) is 7.46. The first kappa shape index (κ1) is 24.0. The van der Waals surface area contributed by atoms with Crippen LogP contribution in [0.25, 0.3) is 0 Å². The summed E-state index contributed by atoms with van der Waals surface area (Å²) in [6, 6.07) is 6.19. The highest BCUT2D eigenvalue weighted by Crippen LogP contribution is 2.31. The van der Waals surface area contributed by atoms with Crippen molar-refractivity contribution in [1.82, 2.24) is 10.6 Å². The zero-order valence-electron chi connectivity index (χ0n) is 16.7. The zero-order chi connectivity index (χ0) is 18.8. The minimum atomic E-state index is 0. The van der Waals surface area contributed by atoms with Crippen LogP contribution in [-0.4, -0.2) is 50.6 Å². The second kappa shape index (κ2) is 12.4. The lowest BCUT2D eigenvalue weighted by Crippen LogP contribution is -2.44. The highest BCUT2D eigenvalue weighted by molar-refractivity contribution is 14.0. The average molecular weight is 491 g/mol. The monoisotopic (exact) mass is 491 g/mol. The first-order chi connectivity index (χ1) is 12.6. The number of ether oxygens (including phenoxy) is 2. The molecule has 0 amide bonds. The lowest BCUT2D eigenvalue weighted by molar-refractivity contribution is 0.127. The van der Waals surface area contributed by atoms with Gasteiger partial charge in [-0.1, -0.05) is 12.1 Å². The second-order valence-electron chi connectivity index (χ2n) is 6.86. The van der Waals surface area contributed by atoms with Crippen LogP contribution in [-0.2, 0) is 11.3 Å². The average Bonchev–Trinajstić information content (AvgIpc) is 3.09. The minimum Gasteiger partial charge on any atom is -0.494 e. The van der Waals surface area contributed by atoms with Gasteiger partial charge in [-0.15, -0.1) is 24.0 Å². The molecular weight excluding hydrogens is 457 g/mol. The first-order valence-electron chi connectivity index (χ1n) is 9.55. The van der Waals surface area contributed by atoms with E-state index in [1.807, 2.05) is 13.0 Å². The van der Waals surface area contributed by atoms with E-state index < -0.39 is 0 Å². The molecule has 1 aliphatic rings. The van der Waals surface area contributed by atoms with Crippen LogP contribution < -0.4 is 15.4 Å². The SMILES string of the molecule is CCNC(=NCc1ccc(OCC)c(C)c1)NCC1(CCO)CCOC1.I. The molecule has 1 unspecified atom stereocenters. The zero-order valence-corrected chi connectivity index (χ0v) is 19.0. The molecule has 0 bridgehead atoms. The number of aliphatic imine (C=N–C) groups is 1. The quantitative estimate of drug-likeness (QED) is 0.282. The number of benzene rings is 1. The number of guanidine groups is 1. The first-order valence-corrected chi connectivity index (χ1v) is 9.55. The van der Waals surface area contributed by atoms with Gasteiger partial charge in [0.15, 0.2) is 5.96 Å². The second-order valence-corrected chi connectivity index (χ2v) is 6.86. The lowest BCUT2D eigenvalue weighted by atomic mass is 9.84. The summed E-state index contributed by atoms with van der Waals surface area (Å²) in [7, 11) is 0. The topological polar surface area (TPSA) is 75.1 Å². The van der Waals surface area contributed by atoms with Crippen molar-refractivity contribution in [3.05, 3.63) is 29.3 Å². The van der Waals surface area contributed by atoms with Crippen LogP contribution in [0, 0.1) is 12.3 Å². The van der Waals surface area contributed by atoms with Gasteiger partial charge in [-0.2, -0.15) is 0 Å². The summed E-state index contributed by atoms with van der Waals surface area (Å²) in [6.45, 7) is 10.6. The molecule has 0 saturated carbocycles. The normalized spacial score (nSPS) is 19.5. The number of nitrogens with zero attached hydrogens (tertiary/aromatic N) is 1. The van der Waals surface area contributed by atoms with Crippen LogP contribution in [0.4, 0.5) is 0 Å². The van der Waals surface area contributed by atoms with Crippen LogP contribution in [0.1, 0.15) is 37.8 Å². The van der Waals surface area contributed by atoms with Crippen molar-refractivity contribution in [3.63, 3.8) is 0 Å². The van der Waals surface area contributed by atoms with E-state index in [4.69, 9.17) is 14.5 Å². The van der Waals surface area contributed by atoms with Crippen molar-refractivity contribution < 1.29 is 14.6 Å². The highest BCUT2D eigenvalue weighted by Gasteiger charge is 2.34. The molecule has 1 saturated heterocycles. The van der Waals surface area contributed by atoms with Gasteiger partial charge in [-0.3, -0.25) is 0 Å². The molecule has 6 nitrogen and oxygen atoms in total. The van der Waals surface area contributed by atoms with Crippen molar-refractivity contribution in [1.29, 1.82) is 0 Å². The molecule has 0 aliphatic carbocycles. The molecule has 2 rings (SSSR count). The number of rotatable bonds is 9. The van der Waals surface area contributed by atoms with Crippen LogP contribution >= 0.6 is 24.0 Å². The highest BCUT2D eigenvalue weighted by atomic mass is 127. The van der Waals surface area contributed by atoms with E-state index >= 15 is 0 Å². The van der Waals surface area contributed by atoms with Gasteiger partial charge in [-0.25, -0.2) is 4.99 Å². The molecule has 1 aromatic rings. The third-order valence-corrected chi connectivity index (χ3v) is 4.76. The summed E-state index contributed by atoms with van der Waals surface area (Å²) in [5.41, 5.74) is 2.28. The van der Waals surface area contributed by atoms with E-state index in [0.717, 1.165) is 55.4 Å². The molecule has 7 heteroatoms. The number of aliphatic hydroxyl groups excluding tert-OH is 1. The number of hydrogen-bond donors (Lipinski definition) is 3. The summed E-state index contributed by atoms with van der Waals surface area (Å²) in [5.74, 6) is 1.72. The van der Waals surface area contributed by atoms with Crippen LogP contribution in [0.2, 0.25) is 0 Å². The maximum atomic E-state index is 9.36. The number of aliphatic hydroxyl groups is 1. The largest absolute Gasteiger partial charge is 0.494 e. The summed E-state index contributed by atoms with van der Waals surface area (Å²) in [5, 5.41) is 16.1. The third-order valence-electron chi connectivity index (χ3n) is 4.76. The summed E-state index contributed by atoms with van der Waals surface area (Å²) < 4.78 is 11.1. The van der Waals surface area contributed by atoms with Crippen molar-refractivity contribution in [3.8, 4) is 5.75 Å². The maximum absolute atomic E-state index is 9.36. The molecule has 1 atom stereocenters. The van der Waals surface area contributed by atoms with Crippen molar-refractivity contribution >= 4 is 29.9 Å². The van der Waals surface area contributed by atoms with Crippen molar-refractivity contribution in [2.45, 2.75) is 40.2 Å². The van der Waals surface area contributed by atoms with E-state index in [-0.39, 0.29) is 36.0 Å². The van der Waals surface area contributed by atoms with Gasteiger partial charge in [0.05, 0.1) is 19.8 Å². The van der Waals surface area contributed by atoms with Gasteiger partial charge in [0.25, 0.3) is 0 Å². The molecule has 27 heavy (non-hydrogen) atoms. The van der Waals surface area contributed by atoms with Gasteiger partial charge in [-0.05, 0) is 50.8 Å². The fraction of sp³-hybridized carbons (Fsp3) is 0.650. The van der Waals surface area contributed by atoms with Gasteiger partial charge >= 0.3 is 0 Å². The standard InChI is InChI=1S/C20H33N3O3.HI/c1-4-21-19(23-14-20(8-10-24)9-11-25-15-20)22-13-17-6-7-18(26-5-2)16(3)12-17;/h6-7,12,24H,4-5,8-11,13-15H2,1-3H3,(H2,21,22,23);1H. The van der Waals surface area contributed by atoms with E-state index in [2.05, 4.69) is 36.6 Å². The summed E-state index contributed by atoms with van der Waals surface area (Å²) in [6.07, 6.45) is 1.72. The Morgan fingerprint density at radius 1 is 1.33 bits per heavy atom. The fourth-order valence-corrected chi connectivity index (χ4v) is 3.22. The minimum absolute atomic E-state index is 0. The van der Waals surface area contributed by atoms with Crippen molar-refractivity contribution in [2.75, 3.05) is 39.5 Å². The molecule has 1 fully saturated rings. The summed E-state index contributed by atoms with van der Waals surface area (Å²) in [4.78, 5) is 4.70. The lowest BCUT2D eigenvalue weighted by Gasteiger charge is -2.27. The predicted octanol–water partition coefficient (Wildman–Crippen LogP) is 2.86. The molecular formula is C20H34IN3O3. The van der Waals surface area contributed by atoms with Crippen LogP contribution in [0.5, 0.6) is 5.75 Å². The maximum Gasteiger partial charge on any atom is 0.191 e. The molecule has 3 N–H and O–H groups in total. The van der Waals surface area contributed by atoms with Crippen molar-refractivity contribution in [2.24, 2.45) is 10.4 Å².